The Morgan fingerprint density at radius 3 is 2.72 bits per heavy atom. The van der Waals surface area contributed by atoms with Gasteiger partial charge in [-0.2, -0.15) is 5.26 Å². The number of benzene rings is 2. The molecule has 1 saturated heterocycles. The molecule has 1 aliphatic heterocycles. The molecule has 0 aromatic heterocycles. The van der Waals surface area contributed by atoms with Gasteiger partial charge in [0.05, 0.1) is 17.3 Å². The smallest absolute Gasteiger partial charge is 0.147 e. The molecule has 2 aromatic carbocycles. The Morgan fingerprint density at radius 1 is 1.20 bits per heavy atom. The first-order chi connectivity index (χ1) is 12.2. The number of anilines is 1. The summed E-state index contributed by atoms with van der Waals surface area (Å²) < 4.78 is 14.0. The Labute approximate surface area is 149 Å². The Balaban J connectivity index is 1.70. The van der Waals surface area contributed by atoms with E-state index in [2.05, 4.69) is 35.3 Å². The van der Waals surface area contributed by atoms with Crippen LogP contribution in [0.3, 0.4) is 0 Å². The maximum Gasteiger partial charge on any atom is 0.147 e. The monoisotopic (exact) mass is 337 g/mol. The first-order valence-corrected chi connectivity index (χ1v) is 8.91. The lowest BCUT2D eigenvalue weighted by Gasteiger charge is -2.33. The third-order valence-corrected chi connectivity index (χ3v) is 5.00. The van der Waals surface area contributed by atoms with E-state index < -0.39 is 0 Å². The van der Waals surface area contributed by atoms with Crippen LogP contribution >= 0.6 is 0 Å². The zero-order valence-corrected chi connectivity index (χ0v) is 14.6. The first kappa shape index (κ1) is 17.4. The molecule has 4 heteroatoms. The van der Waals surface area contributed by atoms with Crippen LogP contribution in [-0.4, -0.2) is 17.5 Å². The van der Waals surface area contributed by atoms with Crippen molar-refractivity contribution in [1.29, 1.82) is 5.26 Å². The molecule has 1 N–H and O–H groups in total. The number of likely N-dealkylation sites (tertiary alicyclic amines) is 1. The number of nitriles is 1. The molecule has 3 rings (SSSR count). The van der Waals surface area contributed by atoms with Crippen LogP contribution < -0.4 is 5.32 Å². The maximum atomic E-state index is 14.0. The number of nitrogens with zero attached hydrogens (tertiary/aromatic N) is 2. The van der Waals surface area contributed by atoms with E-state index >= 15 is 0 Å². The molecule has 0 bridgehead atoms. The van der Waals surface area contributed by atoms with E-state index in [9.17, 15) is 4.39 Å². The minimum absolute atomic E-state index is 0.336. The maximum absolute atomic E-state index is 14.0. The van der Waals surface area contributed by atoms with Gasteiger partial charge in [0.2, 0.25) is 0 Å². The van der Waals surface area contributed by atoms with Crippen molar-refractivity contribution < 1.29 is 4.39 Å². The molecule has 1 fully saturated rings. The van der Waals surface area contributed by atoms with E-state index in [1.54, 1.807) is 12.1 Å². The van der Waals surface area contributed by atoms with E-state index in [1.165, 1.54) is 36.5 Å². The van der Waals surface area contributed by atoms with Gasteiger partial charge in [-0.15, -0.1) is 0 Å². The minimum Gasteiger partial charge on any atom is -0.379 e. The van der Waals surface area contributed by atoms with Crippen LogP contribution in [0.5, 0.6) is 0 Å². The molecule has 0 saturated carbocycles. The molecule has 2 aromatic rings. The van der Waals surface area contributed by atoms with Crippen molar-refractivity contribution >= 4 is 5.69 Å². The summed E-state index contributed by atoms with van der Waals surface area (Å²) in [5, 5.41) is 12.0. The van der Waals surface area contributed by atoms with Gasteiger partial charge in [-0.3, -0.25) is 4.90 Å². The van der Waals surface area contributed by atoms with E-state index in [1.807, 2.05) is 12.1 Å². The van der Waals surface area contributed by atoms with Crippen LogP contribution in [0.25, 0.3) is 0 Å². The fourth-order valence-electron chi connectivity index (χ4n) is 3.41. The highest BCUT2D eigenvalue weighted by Crippen LogP contribution is 2.22. The summed E-state index contributed by atoms with van der Waals surface area (Å²) >= 11 is 0. The molecule has 0 aliphatic carbocycles. The summed E-state index contributed by atoms with van der Waals surface area (Å²) in [5.74, 6) is -0.388. The van der Waals surface area contributed by atoms with Crippen LogP contribution in [0.1, 0.15) is 42.9 Å². The summed E-state index contributed by atoms with van der Waals surface area (Å²) in [4.78, 5) is 2.53. The zero-order chi connectivity index (χ0) is 17.6. The highest BCUT2D eigenvalue weighted by atomic mass is 19.1. The van der Waals surface area contributed by atoms with Gasteiger partial charge in [0, 0.05) is 19.1 Å². The first-order valence-electron chi connectivity index (χ1n) is 8.91. The highest BCUT2D eigenvalue weighted by molar-refractivity contribution is 5.49. The number of hydrogen-bond acceptors (Lipinski definition) is 3. The van der Waals surface area contributed by atoms with Crippen LogP contribution in [-0.2, 0) is 13.1 Å². The van der Waals surface area contributed by atoms with Crippen LogP contribution in [0.2, 0.25) is 0 Å². The van der Waals surface area contributed by atoms with Gasteiger partial charge in [0.15, 0.2) is 0 Å². The van der Waals surface area contributed by atoms with Gasteiger partial charge >= 0.3 is 0 Å². The molecule has 0 unspecified atom stereocenters. The SMILES string of the molecule is C[C@H]1CCCCN1Cc1ccccc1CNc1ccc(C#N)cc1F. The number of hydrogen-bond donors (Lipinski definition) is 1. The van der Waals surface area contributed by atoms with E-state index in [4.69, 9.17) is 5.26 Å². The molecule has 25 heavy (non-hydrogen) atoms. The predicted molar refractivity (Wildman–Crippen MR) is 98.6 cm³/mol. The molecular formula is C21H24FN3. The third-order valence-electron chi connectivity index (χ3n) is 5.00. The number of halogens is 1. The molecular weight excluding hydrogens is 313 g/mol. The molecule has 0 radical (unpaired) electrons. The van der Waals surface area contributed by atoms with Crippen molar-refractivity contribution in [3.63, 3.8) is 0 Å². The molecule has 1 heterocycles. The Bertz CT molecular complexity index is 766. The molecule has 1 atom stereocenters. The van der Waals surface area contributed by atoms with Crippen LogP contribution in [0.15, 0.2) is 42.5 Å². The quantitative estimate of drug-likeness (QED) is 0.861. The summed E-state index contributed by atoms with van der Waals surface area (Å²) in [5.41, 5.74) is 3.24. The van der Waals surface area contributed by atoms with Crippen molar-refractivity contribution in [3.8, 4) is 6.07 Å². The second kappa shape index (κ2) is 8.13. The van der Waals surface area contributed by atoms with E-state index in [0.29, 0.717) is 23.8 Å². The molecule has 0 amide bonds. The highest BCUT2D eigenvalue weighted by Gasteiger charge is 2.19. The fraction of sp³-hybridized carbons (Fsp3) is 0.381. The normalized spacial score (nSPS) is 17.9. The van der Waals surface area contributed by atoms with Crippen LogP contribution in [0.4, 0.5) is 10.1 Å². The Hall–Kier alpha value is -2.38. The largest absolute Gasteiger partial charge is 0.379 e. The fourth-order valence-corrected chi connectivity index (χ4v) is 3.41. The minimum atomic E-state index is -0.388. The summed E-state index contributed by atoms with van der Waals surface area (Å²) in [6.45, 7) is 4.95. The second-order valence-corrected chi connectivity index (χ2v) is 6.74. The van der Waals surface area contributed by atoms with E-state index in [-0.39, 0.29) is 5.82 Å². The number of nitrogens with one attached hydrogen (secondary N) is 1. The second-order valence-electron chi connectivity index (χ2n) is 6.74. The molecule has 0 spiro atoms. The van der Waals surface area contributed by atoms with E-state index in [0.717, 1.165) is 13.1 Å². The lowest BCUT2D eigenvalue weighted by molar-refractivity contribution is 0.152. The standard InChI is InChI=1S/C21H24FN3/c1-16-6-4-5-11-25(16)15-19-8-3-2-7-18(19)14-24-21-10-9-17(13-23)12-20(21)22/h2-3,7-10,12,16,24H,4-6,11,14-15H2,1H3/t16-/m0/s1. The molecule has 1 aliphatic rings. The van der Waals surface area contributed by atoms with Crippen molar-refractivity contribution in [1.82, 2.24) is 4.90 Å². The lowest BCUT2D eigenvalue weighted by atomic mass is 10.0. The predicted octanol–water partition coefficient (Wildman–Crippen LogP) is 4.68. The zero-order valence-electron chi connectivity index (χ0n) is 14.6. The summed E-state index contributed by atoms with van der Waals surface area (Å²) in [6.07, 6.45) is 3.84. The summed E-state index contributed by atoms with van der Waals surface area (Å²) in [7, 11) is 0. The topological polar surface area (TPSA) is 39.1 Å². The van der Waals surface area contributed by atoms with Crippen molar-refractivity contribution in [2.24, 2.45) is 0 Å². The number of rotatable bonds is 5. The van der Waals surface area contributed by atoms with Gasteiger partial charge < -0.3 is 5.32 Å². The Kier molecular flexibility index (Phi) is 5.67. The van der Waals surface area contributed by atoms with Crippen molar-refractivity contribution in [2.45, 2.75) is 45.3 Å². The van der Waals surface area contributed by atoms with Gasteiger partial charge in [-0.05, 0) is 55.6 Å². The van der Waals surface area contributed by atoms with Crippen LogP contribution in [0, 0.1) is 17.1 Å². The van der Waals surface area contributed by atoms with Crippen molar-refractivity contribution in [3.05, 3.63) is 65.0 Å². The summed E-state index contributed by atoms with van der Waals surface area (Å²) in [6, 6.07) is 15.4. The molecule has 130 valence electrons. The average molecular weight is 337 g/mol. The third kappa shape index (κ3) is 4.37. The van der Waals surface area contributed by atoms with Gasteiger partial charge in [0.25, 0.3) is 0 Å². The Morgan fingerprint density at radius 2 is 2.00 bits per heavy atom. The van der Waals surface area contributed by atoms with Gasteiger partial charge in [-0.25, -0.2) is 4.39 Å². The van der Waals surface area contributed by atoms with Gasteiger partial charge in [0.1, 0.15) is 5.82 Å². The average Bonchev–Trinajstić information content (AvgIpc) is 2.63. The van der Waals surface area contributed by atoms with Gasteiger partial charge in [-0.1, -0.05) is 30.7 Å². The molecule has 3 nitrogen and oxygen atoms in total. The lowest BCUT2D eigenvalue weighted by Crippen LogP contribution is -2.37. The van der Waals surface area contributed by atoms with Crippen molar-refractivity contribution in [2.75, 3.05) is 11.9 Å². The number of piperidine rings is 1.